The molecule has 0 saturated carbocycles. The van der Waals surface area contributed by atoms with Crippen molar-refractivity contribution >= 4 is 33.4 Å². The number of amides is 1. The maximum absolute atomic E-state index is 12.9. The number of carbonyl (C=O) groups excluding carboxylic acids is 1. The first-order valence-electron chi connectivity index (χ1n) is 10.5. The molecule has 1 aliphatic heterocycles. The maximum Gasteiger partial charge on any atom is 0.228 e. The first-order valence-corrected chi connectivity index (χ1v) is 13.1. The van der Waals surface area contributed by atoms with E-state index in [0.29, 0.717) is 25.8 Å². The van der Waals surface area contributed by atoms with E-state index in [4.69, 9.17) is 0 Å². The number of rotatable bonds is 9. The highest BCUT2D eigenvalue weighted by Gasteiger charge is 2.32. The Hall–Kier alpha value is -1.83. The van der Waals surface area contributed by atoms with Crippen molar-refractivity contribution in [2.24, 2.45) is 5.92 Å². The number of aryl methyl sites for hydroxylation is 1. The number of benzene rings is 2. The number of anilines is 1. The van der Waals surface area contributed by atoms with Crippen LogP contribution in [0.1, 0.15) is 31.7 Å². The van der Waals surface area contributed by atoms with Gasteiger partial charge in [0.2, 0.25) is 15.9 Å². The first-order chi connectivity index (χ1) is 14.5. The molecule has 0 aliphatic carbocycles. The number of thioether (sulfide) groups is 1. The van der Waals surface area contributed by atoms with Gasteiger partial charge in [-0.2, -0.15) is 0 Å². The summed E-state index contributed by atoms with van der Waals surface area (Å²) < 4.78 is 27.2. The second kappa shape index (κ2) is 11.0. The molecule has 7 heteroatoms. The van der Waals surface area contributed by atoms with Gasteiger partial charge in [0.05, 0.1) is 17.4 Å². The van der Waals surface area contributed by atoms with Gasteiger partial charge in [-0.3, -0.25) is 4.79 Å². The Morgan fingerprint density at radius 3 is 2.63 bits per heavy atom. The molecule has 162 valence electrons. The Morgan fingerprint density at radius 1 is 1.13 bits per heavy atom. The van der Waals surface area contributed by atoms with Crippen molar-refractivity contribution in [1.82, 2.24) is 4.31 Å². The molecule has 5 nitrogen and oxygen atoms in total. The molecule has 0 bridgehead atoms. The highest BCUT2D eigenvalue weighted by molar-refractivity contribution is 7.99. The Kier molecular flexibility index (Phi) is 8.36. The molecule has 2 aromatic carbocycles. The van der Waals surface area contributed by atoms with Crippen molar-refractivity contribution in [2.45, 2.75) is 37.5 Å². The van der Waals surface area contributed by atoms with Gasteiger partial charge in [0.1, 0.15) is 0 Å². The SMILES string of the molecule is CCSc1ccccc1NC(=O)[C@H]1CCCN(S(=O)(=O)CCCc2ccccc2)C1. The van der Waals surface area contributed by atoms with Crippen molar-refractivity contribution in [3.05, 3.63) is 60.2 Å². The van der Waals surface area contributed by atoms with Gasteiger partial charge in [0, 0.05) is 18.0 Å². The van der Waals surface area contributed by atoms with Crippen LogP contribution in [0.4, 0.5) is 5.69 Å². The molecule has 2 aromatic rings. The van der Waals surface area contributed by atoms with Crippen molar-refractivity contribution in [3.8, 4) is 0 Å². The van der Waals surface area contributed by atoms with E-state index in [0.717, 1.165) is 28.3 Å². The summed E-state index contributed by atoms with van der Waals surface area (Å²) in [4.78, 5) is 13.9. The molecule has 1 N–H and O–H groups in total. The van der Waals surface area contributed by atoms with Crippen LogP contribution in [0, 0.1) is 5.92 Å². The third-order valence-corrected chi connectivity index (χ3v) is 8.18. The monoisotopic (exact) mass is 446 g/mol. The molecule has 1 aliphatic rings. The molecule has 1 saturated heterocycles. The Bertz CT molecular complexity index is 932. The number of hydrogen-bond acceptors (Lipinski definition) is 4. The van der Waals surface area contributed by atoms with Crippen molar-refractivity contribution in [3.63, 3.8) is 0 Å². The molecule has 3 rings (SSSR count). The average molecular weight is 447 g/mol. The van der Waals surface area contributed by atoms with Gasteiger partial charge < -0.3 is 5.32 Å². The summed E-state index contributed by atoms with van der Waals surface area (Å²) in [7, 11) is -3.36. The Labute approximate surface area is 184 Å². The van der Waals surface area contributed by atoms with Gasteiger partial charge in [-0.15, -0.1) is 11.8 Å². The van der Waals surface area contributed by atoms with Crippen LogP contribution in [0.2, 0.25) is 0 Å². The maximum atomic E-state index is 12.9. The van der Waals surface area contributed by atoms with Gasteiger partial charge in [-0.25, -0.2) is 12.7 Å². The summed E-state index contributed by atoms with van der Waals surface area (Å²) in [6.07, 6.45) is 2.75. The molecule has 1 amide bonds. The van der Waals surface area contributed by atoms with Crippen LogP contribution in [0.5, 0.6) is 0 Å². The van der Waals surface area contributed by atoms with Gasteiger partial charge in [-0.05, 0) is 49.1 Å². The van der Waals surface area contributed by atoms with Gasteiger partial charge in [0.25, 0.3) is 0 Å². The minimum atomic E-state index is -3.36. The normalized spacial score (nSPS) is 17.6. The lowest BCUT2D eigenvalue weighted by molar-refractivity contribution is -0.120. The predicted molar refractivity (Wildman–Crippen MR) is 124 cm³/mol. The molecule has 1 fully saturated rings. The summed E-state index contributed by atoms with van der Waals surface area (Å²) >= 11 is 1.68. The van der Waals surface area contributed by atoms with Crippen molar-refractivity contribution in [1.29, 1.82) is 0 Å². The van der Waals surface area contributed by atoms with Crippen LogP contribution in [-0.4, -0.2) is 43.2 Å². The van der Waals surface area contributed by atoms with E-state index in [1.165, 1.54) is 4.31 Å². The summed E-state index contributed by atoms with van der Waals surface area (Å²) in [6.45, 7) is 2.84. The summed E-state index contributed by atoms with van der Waals surface area (Å²) in [5, 5.41) is 3.02. The minimum absolute atomic E-state index is 0.0941. The molecule has 0 spiro atoms. The highest BCUT2D eigenvalue weighted by Crippen LogP contribution is 2.28. The number of hydrogen-bond donors (Lipinski definition) is 1. The predicted octanol–water partition coefficient (Wildman–Crippen LogP) is 4.41. The molecule has 0 unspecified atom stereocenters. The zero-order chi connectivity index (χ0) is 21.4. The fourth-order valence-corrected chi connectivity index (χ4v) is 6.07. The van der Waals surface area contributed by atoms with E-state index in [1.54, 1.807) is 11.8 Å². The second-order valence-corrected chi connectivity index (χ2v) is 10.9. The van der Waals surface area contributed by atoms with E-state index < -0.39 is 10.0 Å². The highest BCUT2D eigenvalue weighted by atomic mass is 32.2. The van der Waals surface area contributed by atoms with Crippen LogP contribution < -0.4 is 5.32 Å². The number of para-hydroxylation sites is 1. The second-order valence-electron chi connectivity index (χ2n) is 7.52. The molecule has 0 aromatic heterocycles. The summed E-state index contributed by atoms with van der Waals surface area (Å²) in [6, 6.07) is 17.7. The fraction of sp³-hybridized carbons (Fsp3) is 0.435. The number of nitrogens with zero attached hydrogens (tertiary/aromatic N) is 1. The topological polar surface area (TPSA) is 66.5 Å². The molecular weight excluding hydrogens is 416 g/mol. The summed E-state index contributed by atoms with van der Waals surface area (Å²) in [5.41, 5.74) is 1.95. The zero-order valence-electron chi connectivity index (χ0n) is 17.4. The third-order valence-electron chi connectivity index (χ3n) is 5.30. The van der Waals surface area contributed by atoms with E-state index in [-0.39, 0.29) is 24.1 Å². The van der Waals surface area contributed by atoms with Crippen molar-refractivity contribution < 1.29 is 13.2 Å². The summed E-state index contributed by atoms with van der Waals surface area (Å²) in [5.74, 6) is 0.628. The fourth-order valence-electron chi connectivity index (χ4n) is 3.73. The van der Waals surface area contributed by atoms with E-state index in [9.17, 15) is 13.2 Å². The lowest BCUT2D eigenvalue weighted by Gasteiger charge is -2.31. The molecule has 0 radical (unpaired) electrons. The smallest absolute Gasteiger partial charge is 0.228 e. The number of nitrogens with one attached hydrogen (secondary N) is 1. The largest absolute Gasteiger partial charge is 0.325 e. The zero-order valence-corrected chi connectivity index (χ0v) is 19.1. The van der Waals surface area contributed by atoms with Crippen molar-refractivity contribution in [2.75, 3.05) is 29.9 Å². The standard InChI is InChI=1S/C23H30N2O3S2/c1-2-29-22-15-7-6-14-21(22)24-23(26)20-13-8-16-25(18-20)30(27,28)17-9-12-19-10-4-3-5-11-19/h3-7,10-11,14-15,20H,2,8-9,12-13,16-18H2,1H3,(H,24,26)/t20-/m0/s1. The third kappa shape index (κ3) is 6.33. The van der Waals surface area contributed by atoms with Gasteiger partial charge in [0.15, 0.2) is 0 Å². The number of carbonyl (C=O) groups is 1. The minimum Gasteiger partial charge on any atom is -0.325 e. The first kappa shape index (κ1) is 22.8. The van der Waals surface area contributed by atoms with E-state index in [1.807, 2.05) is 54.6 Å². The molecule has 30 heavy (non-hydrogen) atoms. The van der Waals surface area contributed by atoms with Crippen LogP contribution in [-0.2, 0) is 21.2 Å². The number of piperidine rings is 1. The lowest BCUT2D eigenvalue weighted by Crippen LogP contribution is -2.44. The van der Waals surface area contributed by atoms with Crippen LogP contribution in [0.15, 0.2) is 59.5 Å². The quantitative estimate of drug-likeness (QED) is 0.580. The lowest BCUT2D eigenvalue weighted by atomic mass is 9.99. The molecular formula is C23H30N2O3S2. The Balaban J connectivity index is 1.56. The average Bonchev–Trinajstić information content (AvgIpc) is 2.76. The molecule has 1 atom stereocenters. The van der Waals surface area contributed by atoms with Gasteiger partial charge >= 0.3 is 0 Å². The van der Waals surface area contributed by atoms with Gasteiger partial charge in [-0.1, -0.05) is 49.4 Å². The van der Waals surface area contributed by atoms with Crippen LogP contribution >= 0.6 is 11.8 Å². The van der Waals surface area contributed by atoms with E-state index >= 15 is 0 Å². The van der Waals surface area contributed by atoms with Crippen LogP contribution in [0.25, 0.3) is 0 Å². The number of sulfonamides is 1. The molecule has 1 heterocycles. The Morgan fingerprint density at radius 2 is 1.87 bits per heavy atom. The van der Waals surface area contributed by atoms with Crippen LogP contribution in [0.3, 0.4) is 0 Å². The van der Waals surface area contributed by atoms with E-state index in [2.05, 4.69) is 12.2 Å².